The number of nitrogens with zero attached hydrogens (tertiary/aromatic N) is 2. The monoisotopic (exact) mass is 834 g/mol. The van der Waals surface area contributed by atoms with E-state index in [1.54, 1.807) is 12.1 Å². The quantitative estimate of drug-likeness (QED) is 0.181. The maximum absolute atomic E-state index is 11.8. The Morgan fingerprint density at radius 2 is 0.873 bits per heavy atom. The van der Waals surface area contributed by atoms with Crippen LogP contribution in [-0.4, -0.2) is 20.2 Å². The van der Waals surface area contributed by atoms with Gasteiger partial charge >= 0.3 is 0 Å². The van der Waals surface area contributed by atoms with Gasteiger partial charge in [0.1, 0.15) is 22.7 Å². The molecule has 322 valence electrons. The SMILES string of the molecule is Cc1cc(C(C)(C)C)cc(C)c1-c1ccc(O)c(-c2cc(C(C)(C)C)cc(-c3cc(-c4cc(C(C)(C)C)cc(C(C)(C)C)c4)cc(-c4cc5oc6ccccc6c5cc4O)n3)n2)c1. The van der Waals surface area contributed by atoms with Gasteiger partial charge in [0.25, 0.3) is 0 Å². The number of phenols is 2. The Labute approximate surface area is 373 Å². The van der Waals surface area contributed by atoms with Gasteiger partial charge in [-0.25, -0.2) is 9.97 Å². The zero-order valence-corrected chi connectivity index (χ0v) is 39.6. The van der Waals surface area contributed by atoms with Crippen molar-refractivity contribution in [2.75, 3.05) is 0 Å². The molecule has 5 nitrogen and oxygen atoms in total. The number of aromatic nitrogens is 2. The molecule has 0 amide bonds. The molecule has 0 spiro atoms. The van der Waals surface area contributed by atoms with Crippen molar-refractivity contribution in [3.63, 3.8) is 0 Å². The van der Waals surface area contributed by atoms with Crippen LogP contribution in [0.4, 0.5) is 0 Å². The first-order chi connectivity index (χ1) is 29.3. The minimum Gasteiger partial charge on any atom is -0.507 e. The van der Waals surface area contributed by atoms with E-state index in [1.807, 2.05) is 36.4 Å². The van der Waals surface area contributed by atoms with Crippen LogP contribution in [-0.2, 0) is 21.7 Å². The van der Waals surface area contributed by atoms with Crippen molar-refractivity contribution in [1.82, 2.24) is 9.97 Å². The summed E-state index contributed by atoms with van der Waals surface area (Å²) in [4.78, 5) is 10.7. The first kappa shape index (κ1) is 43.4. The number of fused-ring (bicyclic) bond motifs is 3. The summed E-state index contributed by atoms with van der Waals surface area (Å²) in [6.07, 6.45) is 0. The van der Waals surface area contributed by atoms with Crippen LogP contribution in [0.3, 0.4) is 0 Å². The van der Waals surface area contributed by atoms with Crippen molar-refractivity contribution in [1.29, 1.82) is 0 Å². The van der Waals surface area contributed by atoms with Crippen LogP contribution in [0.15, 0.2) is 114 Å². The number of hydrogen-bond acceptors (Lipinski definition) is 5. The van der Waals surface area contributed by atoms with Crippen LogP contribution in [0.25, 0.3) is 78.1 Å². The molecule has 0 bridgehead atoms. The molecule has 0 aliphatic carbocycles. The van der Waals surface area contributed by atoms with Gasteiger partial charge in [0, 0.05) is 21.9 Å². The largest absolute Gasteiger partial charge is 0.507 e. The molecule has 0 fully saturated rings. The van der Waals surface area contributed by atoms with Crippen LogP contribution >= 0.6 is 0 Å². The summed E-state index contributed by atoms with van der Waals surface area (Å²) in [5.41, 5.74) is 16.2. The highest BCUT2D eigenvalue weighted by atomic mass is 16.3. The van der Waals surface area contributed by atoms with Gasteiger partial charge in [0.05, 0.1) is 22.8 Å². The van der Waals surface area contributed by atoms with E-state index in [9.17, 15) is 10.2 Å². The fourth-order valence-electron chi connectivity index (χ4n) is 8.57. The number of aromatic hydroxyl groups is 2. The zero-order chi connectivity index (χ0) is 45.6. The number of furan rings is 1. The molecule has 3 heterocycles. The van der Waals surface area contributed by atoms with Crippen LogP contribution < -0.4 is 0 Å². The molecular formula is C58H62N2O3. The Balaban J connectivity index is 1.38. The van der Waals surface area contributed by atoms with E-state index in [0.717, 1.165) is 44.2 Å². The second-order valence-corrected chi connectivity index (χ2v) is 21.7. The Hall–Kier alpha value is -6.20. The first-order valence-corrected chi connectivity index (χ1v) is 22.2. The first-order valence-electron chi connectivity index (χ1n) is 22.2. The average Bonchev–Trinajstić information content (AvgIpc) is 3.56. The topological polar surface area (TPSA) is 79.4 Å². The Kier molecular flexibility index (Phi) is 10.5. The third kappa shape index (κ3) is 8.51. The van der Waals surface area contributed by atoms with Gasteiger partial charge in [-0.3, -0.25) is 0 Å². The van der Waals surface area contributed by atoms with E-state index in [1.165, 1.54) is 27.8 Å². The van der Waals surface area contributed by atoms with Crippen LogP contribution in [0.5, 0.6) is 11.5 Å². The van der Waals surface area contributed by atoms with Crippen molar-refractivity contribution in [2.24, 2.45) is 0 Å². The molecule has 5 aromatic carbocycles. The lowest BCUT2D eigenvalue weighted by atomic mass is 9.79. The van der Waals surface area contributed by atoms with Gasteiger partial charge in [-0.2, -0.15) is 0 Å². The fourth-order valence-corrected chi connectivity index (χ4v) is 8.57. The van der Waals surface area contributed by atoms with Gasteiger partial charge in [-0.05, 0) is 146 Å². The van der Waals surface area contributed by atoms with Crippen molar-refractivity contribution < 1.29 is 14.6 Å². The van der Waals surface area contributed by atoms with Crippen molar-refractivity contribution in [2.45, 2.75) is 119 Å². The predicted octanol–water partition coefficient (Wildman–Crippen LogP) is 15.9. The molecule has 0 aliphatic heterocycles. The zero-order valence-electron chi connectivity index (χ0n) is 39.6. The molecular weight excluding hydrogens is 773 g/mol. The Morgan fingerprint density at radius 3 is 1.48 bits per heavy atom. The van der Waals surface area contributed by atoms with Gasteiger partial charge in [0.15, 0.2) is 0 Å². The molecule has 3 aromatic heterocycles. The lowest BCUT2D eigenvalue weighted by Gasteiger charge is -2.26. The number of rotatable bonds is 5. The Morgan fingerprint density at radius 1 is 0.397 bits per heavy atom. The van der Waals surface area contributed by atoms with Crippen molar-refractivity contribution >= 4 is 21.9 Å². The number of phenolic OH excluding ortho intramolecular Hbond substituents is 2. The molecule has 8 rings (SSSR count). The number of aryl methyl sites for hydroxylation is 2. The normalized spacial score (nSPS) is 12.7. The third-order valence-corrected chi connectivity index (χ3v) is 12.5. The smallest absolute Gasteiger partial charge is 0.136 e. The van der Waals surface area contributed by atoms with Crippen molar-refractivity contribution in [3.8, 4) is 67.7 Å². The second-order valence-electron chi connectivity index (χ2n) is 21.7. The van der Waals surface area contributed by atoms with E-state index in [0.29, 0.717) is 39.5 Å². The highest BCUT2D eigenvalue weighted by molar-refractivity contribution is 6.07. The number of pyridine rings is 2. The maximum atomic E-state index is 11.8. The average molecular weight is 835 g/mol. The van der Waals surface area contributed by atoms with Crippen LogP contribution in [0.2, 0.25) is 0 Å². The van der Waals surface area contributed by atoms with Gasteiger partial charge in [0.2, 0.25) is 0 Å². The third-order valence-electron chi connectivity index (χ3n) is 12.5. The summed E-state index contributed by atoms with van der Waals surface area (Å²) in [6, 6.07) is 37.3. The van der Waals surface area contributed by atoms with Gasteiger partial charge in [-0.15, -0.1) is 0 Å². The minimum absolute atomic E-state index is 0.0241. The molecule has 0 saturated carbocycles. The predicted molar refractivity (Wildman–Crippen MR) is 264 cm³/mol. The molecule has 5 heteroatoms. The Bertz CT molecular complexity index is 3030. The molecule has 0 unspecified atom stereocenters. The van der Waals surface area contributed by atoms with E-state index >= 15 is 0 Å². The maximum Gasteiger partial charge on any atom is 0.136 e. The summed E-state index contributed by atoms with van der Waals surface area (Å²) in [6.45, 7) is 31.1. The van der Waals surface area contributed by atoms with Crippen LogP contribution in [0.1, 0.15) is 116 Å². The standard InChI is InChI=1S/C58H62N2O3/c1-33-21-38(55(3,4)5)22-34(2)54(33)35-19-20-50(61)44(25-35)47-29-41(58(12,13)14)30-49(60-47)48-27-37(36-23-39(56(6,7)8)28-40(24-36)57(9,10)11)26-46(59-48)45-32-53-43(31-51(45)62)42-17-15-16-18-52(42)63-53/h15-32,61-62H,1-14H3. The molecule has 8 aromatic rings. The van der Waals surface area contributed by atoms with E-state index < -0.39 is 0 Å². The number of hydrogen-bond donors (Lipinski definition) is 2. The molecule has 0 atom stereocenters. The number of para-hydroxylation sites is 1. The highest BCUT2D eigenvalue weighted by Crippen LogP contribution is 2.43. The molecule has 63 heavy (non-hydrogen) atoms. The minimum atomic E-state index is -0.261. The highest BCUT2D eigenvalue weighted by Gasteiger charge is 2.25. The van der Waals surface area contributed by atoms with E-state index in [2.05, 4.69) is 158 Å². The summed E-state index contributed by atoms with van der Waals surface area (Å²) in [7, 11) is 0. The molecule has 2 N–H and O–H groups in total. The van der Waals surface area contributed by atoms with E-state index in [-0.39, 0.29) is 33.2 Å². The molecule has 0 radical (unpaired) electrons. The lowest BCUT2D eigenvalue weighted by molar-refractivity contribution is 0.477. The summed E-state index contributed by atoms with van der Waals surface area (Å²) in [5.74, 6) is 0.272. The molecule has 0 aliphatic rings. The lowest BCUT2D eigenvalue weighted by Crippen LogP contribution is -2.16. The van der Waals surface area contributed by atoms with Crippen molar-refractivity contribution in [3.05, 3.63) is 143 Å². The van der Waals surface area contributed by atoms with E-state index in [4.69, 9.17) is 14.4 Å². The summed E-state index contributed by atoms with van der Waals surface area (Å²) >= 11 is 0. The van der Waals surface area contributed by atoms with Gasteiger partial charge in [-0.1, -0.05) is 138 Å². The fraction of sp³-hybridized carbons (Fsp3) is 0.310. The van der Waals surface area contributed by atoms with Gasteiger partial charge < -0.3 is 14.6 Å². The number of benzene rings is 5. The molecule has 0 saturated heterocycles. The second kappa shape index (κ2) is 15.3. The summed E-state index contributed by atoms with van der Waals surface area (Å²) in [5, 5.41) is 25.2. The van der Waals surface area contributed by atoms with Crippen LogP contribution in [0, 0.1) is 13.8 Å². The summed E-state index contributed by atoms with van der Waals surface area (Å²) < 4.78 is 6.34.